The molecule has 6 atom stereocenters. The lowest BCUT2D eigenvalue weighted by Gasteiger charge is -2.53. The standard InChI is InChI=1S/C40H53ClN2O6S3/c1-4-49-40(38-50-20-7-21-51-38)18-5-8-27(2)36(16-19-47-3)52(45,46)42-37(44)29-11-15-35-34(23-29)43(24-30-10-13-33(30)40)25-39(26-48-35)17-6-9-28-22-31(41)12-14-32(28)39/h5,11-12,14-15,18,22-23,27,30,33,36,38H,4,6-10,13,16-17,19-21,24-26H2,1-3H3,(H,42,44)/b18-5+/t27-,30-,33+,36+,39-,40+/m0/s1. The Hall–Kier alpha value is -1.89. The SMILES string of the molecule is CCO[C@]1(C2SCCCS2)/C=C/C[C@H](C)[C@@H](CCOC)S(=O)(=O)NC(=O)c2ccc3c(c2)N(C[C@@H]2CC[C@H]21)C[C@@]1(CCCc2cc(Cl)ccc21)CO3. The second kappa shape index (κ2) is 16.1. The third-order valence-electron chi connectivity index (χ3n) is 12.1. The Morgan fingerprint density at radius 1 is 1.12 bits per heavy atom. The third kappa shape index (κ3) is 7.53. The second-order valence-corrected chi connectivity index (χ2v) is 20.4. The summed E-state index contributed by atoms with van der Waals surface area (Å²) in [6.45, 7) is 6.96. The first-order valence-corrected chi connectivity index (χ1v) is 23.0. The Morgan fingerprint density at radius 3 is 2.69 bits per heavy atom. The Balaban J connectivity index is 1.35. The summed E-state index contributed by atoms with van der Waals surface area (Å²) in [6, 6.07) is 11.7. The number of carbonyl (C=O) groups excluding carboxylic acids is 1. The number of nitrogens with one attached hydrogen (secondary N) is 1. The fourth-order valence-electron chi connectivity index (χ4n) is 9.38. The average Bonchev–Trinajstić information content (AvgIpc) is 3.26. The highest BCUT2D eigenvalue weighted by atomic mass is 35.5. The fraction of sp³-hybridized carbons (Fsp3) is 0.625. The van der Waals surface area contributed by atoms with E-state index in [2.05, 4.69) is 40.8 Å². The highest BCUT2D eigenvalue weighted by molar-refractivity contribution is 8.17. The lowest BCUT2D eigenvalue weighted by Crippen LogP contribution is -2.57. The lowest BCUT2D eigenvalue weighted by molar-refractivity contribution is -0.0834. The van der Waals surface area contributed by atoms with Gasteiger partial charge >= 0.3 is 0 Å². The van der Waals surface area contributed by atoms with Gasteiger partial charge in [0.1, 0.15) is 11.4 Å². The van der Waals surface area contributed by atoms with Gasteiger partial charge < -0.3 is 19.1 Å². The van der Waals surface area contributed by atoms with Gasteiger partial charge in [0.2, 0.25) is 10.0 Å². The van der Waals surface area contributed by atoms with Crippen LogP contribution in [-0.4, -0.2) is 81.3 Å². The van der Waals surface area contributed by atoms with Crippen LogP contribution < -0.4 is 14.4 Å². The van der Waals surface area contributed by atoms with E-state index in [4.69, 9.17) is 25.8 Å². The molecular weight excluding hydrogens is 736 g/mol. The summed E-state index contributed by atoms with van der Waals surface area (Å²) in [5.74, 6) is 2.69. The number of carbonyl (C=O) groups is 1. The predicted molar refractivity (Wildman–Crippen MR) is 214 cm³/mol. The molecule has 8 nitrogen and oxygen atoms in total. The minimum atomic E-state index is -4.05. The first kappa shape index (κ1) is 38.4. The molecule has 2 bridgehead atoms. The van der Waals surface area contributed by atoms with Crippen LogP contribution in [0, 0.1) is 17.8 Å². The summed E-state index contributed by atoms with van der Waals surface area (Å²) in [7, 11) is -2.47. The number of ether oxygens (including phenoxy) is 3. The number of sulfonamides is 1. The van der Waals surface area contributed by atoms with Crippen LogP contribution in [0.3, 0.4) is 0 Å². The molecule has 12 heteroatoms. The summed E-state index contributed by atoms with van der Waals surface area (Å²) in [4.78, 5) is 16.3. The maximum atomic E-state index is 14.0. The number of halogens is 1. The zero-order valence-electron chi connectivity index (χ0n) is 30.6. The van der Waals surface area contributed by atoms with Crippen molar-refractivity contribution in [2.75, 3.05) is 56.4 Å². The average molecular weight is 790 g/mol. The number of rotatable bonds is 6. The third-order valence-corrected chi connectivity index (χ3v) is 17.5. The molecule has 2 fully saturated rings. The molecule has 0 radical (unpaired) electrons. The number of nitrogens with zero attached hydrogens (tertiary/aromatic N) is 1. The number of methoxy groups -OCH3 is 1. The Bertz CT molecular complexity index is 1750. The van der Waals surface area contributed by atoms with Gasteiger partial charge in [-0.2, -0.15) is 0 Å². The quantitative estimate of drug-likeness (QED) is 0.294. The minimum Gasteiger partial charge on any atom is -0.490 e. The molecule has 1 saturated heterocycles. The number of anilines is 1. The van der Waals surface area contributed by atoms with E-state index in [1.165, 1.54) is 17.5 Å². The van der Waals surface area contributed by atoms with E-state index >= 15 is 0 Å². The Morgan fingerprint density at radius 2 is 1.94 bits per heavy atom. The molecule has 1 amide bonds. The molecule has 1 spiro atoms. The van der Waals surface area contributed by atoms with Crippen LogP contribution in [0.1, 0.15) is 80.3 Å². The van der Waals surface area contributed by atoms with Gasteiger partial charge in [0.05, 0.1) is 22.1 Å². The molecular formula is C40H53ClN2O6S3. The summed E-state index contributed by atoms with van der Waals surface area (Å²) in [5, 5.41) is -0.0649. The van der Waals surface area contributed by atoms with E-state index in [9.17, 15) is 13.2 Å². The molecule has 1 saturated carbocycles. The van der Waals surface area contributed by atoms with Gasteiger partial charge in [-0.3, -0.25) is 4.79 Å². The van der Waals surface area contributed by atoms with Gasteiger partial charge in [-0.15, -0.1) is 23.5 Å². The fourth-order valence-corrected chi connectivity index (χ4v) is 14.6. The van der Waals surface area contributed by atoms with Crippen molar-refractivity contribution in [3.8, 4) is 5.75 Å². The maximum Gasteiger partial charge on any atom is 0.264 e. The molecule has 0 aromatic heterocycles. The number of hydrogen-bond acceptors (Lipinski definition) is 9. The van der Waals surface area contributed by atoms with Crippen LogP contribution in [0.5, 0.6) is 5.75 Å². The van der Waals surface area contributed by atoms with Crippen molar-refractivity contribution in [2.24, 2.45) is 17.8 Å². The van der Waals surface area contributed by atoms with Crippen molar-refractivity contribution >= 4 is 56.7 Å². The molecule has 7 rings (SSSR count). The van der Waals surface area contributed by atoms with Crippen LogP contribution >= 0.6 is 35.1 Å². The van der Waals surface area contributed by atoms with Gasteiger partial charge in [-0.05, 0) is 129 Å². The van der Waals surface area contributed by atoms with E-state index in [-0.39, 0.29) is 34.9 Å². The number of hydrogen-bond donors (Lipinski definition) is 1. The summed E-state index contributed by atoms with van der Waals surface area (Å²) < 4.78 is 49.8. The highest BCUT2D eigenvalue weighted by Gasteiger charge is 2.53. The molecule has 1 N–H and O–H groups in total. The van der Waals surface area contributed by atoms with Gasteiger partial charge in [0.25, 0.3) is 5.91 Å². The van der Waals surface area contributed by atoms with Crippen LogP contribution in [0.15, 0.2) is 48.6 Å². The van der Waals surface area contributed by atoms with Crippen LogP contribution in [-0.2, 0) is 31.3 Å². The van der Waals surface area contributed by atoms with Crippen LogP contribution in [0.25, 0.3) is 0 Å². The number of aryl methyl sites for hydroxylation is 1. The van der Waals surface area contributed by atoms with Crippen molar-refractivity contribution < 1.29 is 27.4 Å². The van der Waals surface area contributed by atoms with Gasteiger partial charge in [0, 0.05) is 49.4 Å². The summed E-state index contributed by atoms with van der Waals surface area (Å²) >= 11 is 10.5. The first-order chi connectivity index (χ1) is 25.1. The Labute approximate surface area is 323 Å². The normalized spacial score (nSPS) is 32.8. The number of fused-ring (bicyclic) bond motifs is 4. The zero-order valence-corrected chi connectivity index (χ0v) is 33.8. The lowest BCUT2D eigenvalue weighted by atomic mass is 9.64. The molecule has 52 heavy (non-hydrogen) atoms. The largest absolute Gasteiger partial charge is 0.490 e. The smallest absolute Gasteiger partial charge is 0.264 e. The summed E-state index contributed by atoms with van der Waals surface area (Å²) in [5.41, 5.74) is 2.95. The number of benzene rings is 2. The van der Waals surface area contributed by atoms with Gasteiger partial charge in [-0.25, -0.2) is 13.1 Å². The van der Waals surface area contributed by atoms with Crippen LogP contribution in [0.2, 0.25) is 5.02 Å². The van der Waals surface area contributed by atoms with Crippen molar-refractivity contribution in [2.45, 2.75) is 86.1 Å². The topological polar surface area (TPSA) is 94.2 Å². The molecule has 2 aromatic rings. The second-order valence-electron chi connectivity index (χ2n) is 15.4. The van der Waals surface area contributed by atoms with Crippen molar-refractivity contribution in [1.82, 2.24) is 4.72 Å². The van der Waals surface area contributed by atoms with E-state index in [1.54, 1.807) is 13.2 Å². The number of allylic oxidation sites excluding steroid dienone is 1. The van der Waals surface area contributed by atoms with Crippen molar-refractivity contribution in [3.05, 3.63) is 70.3 Å². The number of amides is 1. The molecule has 284 valence electrons. The van der Waals surface area contributed by atoms with Crippen molar-refractivity contribution in [3.63, 3.8) is 0 Å². The maximum absolute atomic E-state index is 14.0. The Kier molecular flexibility index (Phi) is 11.9. The van der Waals surface area contributed by atoms with Gasteiger partial charge in [0.15, 0.2) is 0 Å². The predicted octanol–water partition coefficient (Wildman–Crippen LogP) is 7.87. The van der Waals surface area contributed by atoms with E-state index in [0.29, 0.717) is 31.1 Å². The molecule has 3 aliphatic heterocycles. The molecule has 5 aliphatic rings. The highest BCUT2D eigenvalue weighted by Crippen LogP contribution is 2.54. The molecule has 3 heterocycles. The monoisotopic (exact) mass is 788 g/mol. The first-order valence-electron chi connectivity index (χ1n) is 19.0. The van der Waals surface area contributed by atoms with Crippen molar-refractivity contribution in [1.29, 1.82) is 0 Å². The van der Waals surface area contributed by atoms with E-state index in [1.807, 2.05) is 48.6 Å². The zero-order chi connectivity index (χ0) is 36.5. The van der Waals surface area contributed by atoms with E-state index in [0.717, 1.165) is 73.2 Å². The number of thioether (sulfide) groups is 2. The van der Waals surface area contributed by atoms with E-state index < -0.39 is 26.8 Å². The van der Waals surface area contributed by atoms with Crippen LogP contribution in [0.4, 0.5) is 5.69 Å². The van der Waals surface area contributed by atoms with Gasteiger partial charge in [-0.1, -0.05) is 36.7 Å². The minimum absolute atomic E-state index is 0.249. The molecule has 2 aromatic carbocycles. The summed E-state index contributed by atoms with van der Waals surface area (Å²) in [6.07, 6.45) is 11.7. The molecule has 2 aliphatic carbocycles. The molecule has 0 unspecified atom stereocenters.